The normalized spacial score (nSPS) is 18.8. The first-order chi connectivity index (χ1) is 5.72. The van der Waals surface area contributed by atoms with Crippen LogP contribution < -0.4 is 5.32 Å². The molecule has 0 aromatic carbocycles. The van der Waals surface area contributed by atoms with Crippen molar-refractivity contribution in [2.24, 2.45) is 5.92 Å². The van der Waals surface area contributed by atoms with E-state index in [1.165, 1.54) is 12.8 Å². The zero-order valence-corrected chi connectivity index (χ0v) is 9.06. The second-order valence-corrected chi connectivity index (χ2v) is 4.75. The van der Waals surface area contributed by atoms with Crippen molar-refractivity contribution in [1.29, 1.82) is 0 Å². The molecule has 1 unspecified atom stereocenters. The average Bonchev–Trinajstić information content (AvgIpc) is 2.84. The lowest BCUT2D eigenvalue weighted by Gasteiger charge is -2.07. The lowest BCUT2D eigenvalue weighted by Crippen LogP contribution is -2.29. The Balaban J connectivity index is 2.00. The Morgan fingerprint density at radius 1 is 1.67 bits per heavy atom. The smallest absolute Gasteiger partial charge is 0.220 e. The summed E-state index contributed by atoms with van der Waals surface area (Å²) in [4.78, 5) is 11.6. The van der Waals surface area contributed by atoms with Crippen LogP contribution >= 0.6 is 15.9 Å². The van der Waals surface area contributed by atoms with Crippen molar-refractivity contribution < 1.29 is 4.79 Å². The van der Waals surface area contributed by atoms with Crippen LogP contribution in [0.1, 0.15) is 32.6 Å². The van der Waals surface area contributed by atoms with Crippen LogP contribution in [0.4, 0.5) is 0 Å². The van der Waals surface area contributed by atoms with Crippen molar-refractivity contribution >= 4 is 21.8 Å². The van der Waals surface area contributed by atoms with E-state index in [4.69, 9.17) is 0 Å². The average molecular weight is 234 g/mol. The lowest BCUT2D eigenvalue weighted by molar-refractivity contribution is -0.121. The Bertz CT molecular complexity index is 157. The minimum Gasteiger partial charge on any atom is -0.355 e. The summed E-state index contributed by atoms with van der Waals surface area (Å²) < 4.78 is 0. The molecule has 0 spiro atoms. The van der Waals surface area contributed by atoms with Crippen LogP contribution in [0.3, 0.4) is 0 Å². The number of carbonyl (C=O) groups excluding carboxylic acids is 1. The molecule has 3 heteroatoms. The van der Waals surface area contributed by atoms with Crippen molar-refractivity contribution in [3.8, 4) is 0 Å². The molecule has 0 aliphatic heterocycles. The third kappa shape index (κ3) is 4.10. The molecule has 0 bridgehead atoms. The maximum absolute atomic E-state index is 11.2. The number of nitrogens with one attached hydrogen (secondary N) is 1. The molecule has 1 rings (SSSR count). The number of hydrogen-bond acceptors (Lipinski definition) is 1. The summed E-state index contributed by atoms with van der Waals surface area (Å²) in [5.74, 6) is 0.913. The van der Waals surface area contributed by atoms with Gasteiger partial charge in [0.1, 0.15) is 0 Å². The van der Waals surface area contributed by atoms with Crippen molar-refractivity contribution in [2.45, 2.75) is 37.4 Å². The number of amides is 1. The van der Waals surface area contributed by atoms with E-state index in [1.54, 1.807) is 0 Å². The molecule has 2 nitrogen and oxygen atoms in total. The molecule has 0 saturated heterocycles. The molecule has 12 heavy (non-hydrogen) atoms. The van der Waals surface area contributed by atoms with E-state index < -0.39 is 0 Å². The first-order valence-corrected chi connectivity index (χ1v) is 5.54. The summed E-state index contributed by atoms with van der Waals surface area (Å²) in [6.45, 7) is 2.87. The van der Waals surface area contributed by atoms with E-state index in [2.05, 4.69) is 28.2 Å². The molecule has 0 radical (unpaired) electrons. The van der Waals surface area contributed by atoms with Crippen LogP contribution in [0, 0.1) is 5.92 Å². The maximum Gasteiger partial charge on any atom is 0.220 e. The van der Waals surface area contributed by atoms with Crippen molar-refractivity contribution in [3.05, 3.63) is 0 Å². The molecule has 0 aromatic rings. The van der Waals surface area contributed by atoms with Gasteiger partial charge in [-0.3, -0.25) is 4.79 Å². The van der Waals surface area contributed by atoms with E-state index in [-0.39, 0.29) is 5.91 Å². The first kappa shape index (κ1) is 10.0. The number of carbonyl (C=O) groups is 1. The Morgan fingerprint density at radius 3 is 2.83 bits per heavy atom. The molecule has 1 aliphatic carbocycles. The van der Waals surface area contributed by atoms with Gasteiger partial charge in [-0.25, -0.2) is 0 Å². The number of hydrogen-bond donors (Lipinski definition) is 1. The molecule has 70 valence electrons. The summed E-state index contributed by atoms with van der Waals surface area (Å²) in [5.41, 5.74) is 0. The van der Waals surface area contributed by atoms with Gasteiger partial charge in [0.05, 0.1) is 0 Å². The zero-order chi connectivity index (χ0) is 8.97. The minimum atomic E-state index is 0.218. The highest BCUT2D eigenvalue weighted by Crippen LogP contribution is 2.32. The third-order valence-electron chi connectivity index (χ3n) is 2.13. The summed E-state index contributed by atoms with van der Waals surface area (Å²) in [6, 6.07) is 0. The summed E-state index contributed by atoms with van der Waals surface area (Å²) in [5, 5.41) is 2.92. The largest absolute Gasteiger partial charge is 0.355 e. The number of alkyl halides is 1. The number of rotatable bonds is 5. The molecule has 1 amide bonds. The van der Waals surface area contributed by atoms with Crippen LogP contribution in [0.15, 0.2) is 0 Å². The van der Waals surface area contributed by atoms with E-state index in [9.17, 15) is 4.79 Å². The predicted molar refractivity (Wildman–Crippen MR) is 53.4 cm³/mol. The molecule has 1 aliphatic rings. The van der Waals surface area contributed by atoms with E-state index in [1.807, 2.05) is 0 Å². The fourth-order valence-electron chi connectivity index (χ4n) is 1.03. The quantitative estimate of drug-likeness (QED) is 0.725. The lowest BCUT2D eigenvalue weighted by atomic mass is 10.2. The molecule has 0 heterocycles. The molecule has 1 N–H and O–H groups in total. The highest BCUT2D eigenvalue weighted by molar-refractivity contribution is 9.09. The van der Waals surface area contributed by atoms with Crippen LogP contribution in [-0.4, -0.2) is 17.3 Å². The Hall–Kier alpha value is -0.0500. The number of halogens is 1. The van der Waals surface area contributed by atoms with Crippen LogP contribution in [0.2, 0.25) is 0 Å². The van der Waals surface area contributed by atoms with Gasteiger partial charge in [0.2, 0.25) is 5.91 Å². The van der Waals surface area contributed by atoms with Gasteiger partial charge < -0.3 is 5.32 Å². The molecule has 1 atom stereocenters. The topological polar surface area (TPSA) is 29.1 Å². The molecule has 0 aromatic heterocycles. The Labute approximate surface area is 82.2 Å². The Morgan fingerprint density at radius 2 is 2.33 bits per heavy atom. The Kier molecular flexibility index (Phi) is 4.06. The minimum absolute atomic E-state index is 0.218. The first-order valence-electron chi connectivity index (χ1n) is 4.63. The monoisotopic (exact) mass is 233 g/mol. The van der Waals surface area contributed by atoms with Gasteiger partial charge in [0.25, 0.3) is 0 Å². The van der Waals surface area contributed by atoms with Gasteiger partial charge >= 0.3 is 0 Å². The van der Waals surface area contributed by atoms with E-state index in [0.717, 1.165) is 19.4 Å². The third-order valence-corrected chi connectivity index (χ3v) is 3.11. The SMILES string of the molecule is CCC(Br)CNC(=O)CC1CC1. The highest BCUT2D eigenvalue weighted by Gasteiger charge is 2.24. The molecular weight excluding hydrogens is 218 g/mol. The van der Waals surface area contributed by atoms with Gasteiger partial charge in [-0.05, 0) is 25.2 Å². The van der Waals surface area contributed by atoms with Gasteiger partial charge in [-0.1, -0.05) is 22.9 Å². The van der Waals surface area contributed by atoms with Crippen LogP contribution in [0.5, 0.6) is 0 Å². The van der Waals surface area contributed by atoms with E-state index in [0.29, 0.717) is 10.7 Å². The predicted octanol–water partition coefficient (Wildman–Crippen LogP) is 2.08. The van der Waals surface area contributed by atoms with Gasteiger partial charge in [0.15, 0.2) is 0 Å². The second-order valence-electron chi connectivity index (χ2n) is 3.46. The van der Waals surface area contributed by atoms with Gasteiger partial charge in [0, 0.05) is 17.8 Å². The molecule has 1 fully saturated rings. The van der Waals surface area contributed by atoms with Crippen molar-refractivity contribution in [2.75, 3.05) is 6.54 Å². The fourth-order valence-corrected chi connectivity index (χ4v) is 1.19. The summed E-state index contributed by atoms with van der Waals surface area (Å²) in [7, 11) is 0. The second kappa shape index (κ2) is 4.85. The summed E-state index contributed by atoms with van der Waals surface area (Å²) in [6.07, 6.45) is 4.30. The standard InChI is InChI=1S/C9H16BrNO/c1-2-8(10)6-11-9(12)5-7-3-4-7/h7-8H,2-6H2,1H3,(H,11,12). The van der Waals surface area contributed by atoms with Gasteiger partial charge in [-0.15, -0.1) is 0 Å². The van der Waals surface area contributed by atoms with Crippen molar-refractivity contribution in [1.82, 2.24) is 5.32 Å². The molecule has 1 saturated carbocycles. The van der Waals surface area contributed by atoms with Crippen molar-refractivity contribution in [3.63, 3.8) is 0 Å². The van der Waals surface area contributed by atoms with Gasteiger partial charge in [-0.2, -0.15) is 0 Å². The highest BCUT2D eigenvalue weighted by atomic mass is 79.9. The van der Waals surface area contributed by atoms with Crippen LogP contribution in [0.25, 0.3) is 0 Å². The fraction of sp³-hybridized carbons (Fsp3) is 0.889. The zero-order valence-electron chi connectivity index (χ0n) is 7.48. The molecular formula is C9H16BrNO. The summed E-state index contributed by atoms with van der Waals surface area (Å²) >= 11 is 3.47. The van der Waals surface area contributed by atoms with E-state index >= 15 is 0 Å². The van der Waals surface area contributed by atoms with Crippen LogP contribution in [-0.2, 0) is 4.79 Å². The maximum atomic E-state index is 11.2.